The van der Waals surface area contributed by atoms with E-state index in [-0.39, 0.29) is 18.3 Å². The molecule has 19 heavy (non-hydrogen) atoms. The highest BCUT2D eigenvalue weighted by atomic mass is 32.1. The van der Waals surface area contributed by atoms with E-state index in [2.05, 4.69) is 10.3 Å². The number of carbonyl (C=O) groups is 1. The minimum Gasteiger partial charge on any atom is -0.375 e. The summed E-state index contributed by atoms with van der Waals surface area (Å²) in [6.07, 6.45) is 2.37. The molecule has 1 amide bonds. The second-order valence-corrected chi connectivity index (χ2v) is 5.03. The topological polar surface area (TPSA) is 51.2 Å². The van der Waals surface area contributed by atoms with Crippen molar-refractivity contribution >= 4 is 22.4 Å². The Bertz CT molecular complexity index is 554. The number of amides is 1. The normalized spacial score (nSPS) is 10.4. The van der Waals surface area contributed by atoms with Crippen LogP contribution in [0.15, 0.2) is 30.5 Å². The van der Waals surface area contributed by atoms with E-state index >= 15 is 0 Å². The molecule has 1 N–H and O–H groups in total. The van der Waals surface area contributed by atoms with Gasteiger partial charge in [0.05, 0.1) is 0 Å². The zero-order valence-corrected chi connectivity index (χ0v) is 11.2. The van der Waals surface area contributed by atoms with Gasteiger partial charge >= 0.3 is 0 Å². The van der Waals surface area contributed by atoms with Gasteiger partial charge in [-0.1, -0.05) is 12.1 Å². The van der Waals surface area contributed by atoms with Crippen molar-refractivity contribution in [1.29, 1.82) is 0 Å². The van der Waals surface area contributed by atoms with Gasteiger partial charge in [0.1, 0.15) is 12.4 Å². The van der Waals surface area contributed by atoms with Gasteiger partial charge in [-0.15, -0.1) is 11.3 Å². The maximum absolute atomic E-state index is 12.8. The van der Waals surface area contributed by atoms with Crippen LogP contribution in [0.1, 0.15) is 10.4 Å². The number of carbonyl (C=O) groups excluding carboxylic acids is 1. The molecule has 0 saturated carbocycles. The molecule has 0 saturated heterocycles. The van der Waals surface area contributed by atoms with Gasteiger partial charge in [-0.05, 0) is 17.7 Å². The minimum atomic E-state index is -0.249. The molecule has 1 aromatic heterocycles. The Labute approximate surface area is 114 Å². The number of hydrogen-bond acceptors (Lipinski definition) is 4. The third-order valence-electron chi connectivity index (χ3n) is 2.37. The number of aromatic nitrogens is 1. The van der Waals surface area contributed by atoms with Crippen LogP contribution in [0.5, 0.6) is 0 Å². The van der Waals surface area contributed by atoms with Crippen molar-refractivity contribution in [3.63, 3.8) is 0 Å². The quantitative estimate of drug-likeness (QED) is 0.915. The van der Waals surface area contributed by atoms with Crippen LogP contribution in [-0.2, 0) is 16.0 Å². The van der Waals surface area contributed by atoms with Gasteiger partial charge < -0.3 is 4.74 Å². The van der Waals surface area contributed by atoms with Crippen LogP contribution < -0.4 is 5.32 Å². The lowest BCUT2D eigenvalue weighted by atomic mass is 10.1. The molecule has 1 heterocycles. The van der Waals surface area contributed by atoms with E-state index in [0.29, 0.717) is 11.6 Å². The molecule has 0 aliphatic carbocycles. The molecule has 0 aliphatic heterocycles. The van der Waals surface area contributed by atoms with Crippen LogP contribution in [0, 0.1) is 5.82 Å². The molecule has 2 aromatic rings. The number of benzene rings is 1. The smallest absolute Gasteiger partial charge is 0.252 e. The Morgan fingerprint density at radius 1 is 1.42 bits per heavy atom. The van der Waals surface area contributed by atoms with Gasteiger partial charge in [0, 0.05) is 24.6 Å². The van der Waals surface area contributed by atoms with Crippen molar-refractivity contribution in [2.24, 2.45) is 0 Å². The van der Waals surface area contributed by atoms with Gasteiger partial charge in [-0.2, -0.15) is 0 Å². The highest BCUT2D eigenvalue weighted by Crippen LogP contribution is 2.21. The molecule has 0 atom stereocenters. The monoisotopic (exact) mass is 280 g/mol. The molecule has 0 spiro atoms. The molecule has 100 valence electrons. The highest BCUT2D eigenvalue weighted by Gasteiger charge is 2.07. The second-order valence-electron chi connectivity index (χ2n) is 3.92. The standard InChI is InChI=1S/C13H13FN2O2S/c1-18-8-12(17)16-13-15-7-11(19-13)6-9-2-4-10(14)5-3-9/h2-5,7H,6,8H2,1H3,(H,15,16,17). The maximum atomic E-state index is 12.8. The van der Waals surface area contributed by atoms with Crippen LogP contribution in [-0.4, -0.2) is 24.6 Å². The van der Waals surface area contributed by atoms with Crippen LogP contribution in [0.2, 0.25) is 0 Å². The van der Waals surface area contributed by atoms with Crippen molar-refractivity contribution in [1.82, 2.24) is 4.98 Å². The Kier molecular flexibility index (Phi) is 4.59. The maximum Gasteiger partial charge on any atom is 0.252 e. The summed E-state index contributed by atoms with van der Waals surface area (Å²) in [6, 6.07) is 6.33. The molecule has 0 aliphatic rings. The number of methoxy groups -OCH3 is 1. The lowest BCUT2D eigenvalue weighted by Crippen LogP contribution is -2.16. The number of halogens is 1. The Balaban J connectivity index is 1.97. The molecule has 1 aromatic carbocycles. The molecule has 0 radical (unpaired) electrons. The zero-order chi connectivity index (χ0) is 13.7. The summed E-state index contributed by atoms with van der Waals surface area (Å²) in [4.78, 5) is 16.4. The lowest BCUT2D eigenvalue weighted by Gasteiger charge is -1.99. The zero-order valence-electron chi connectivity index (χ0n) is 10.4. The fraction of sp³-hybridized carbons (Fsp3) is 0.231. The second kappa shape index (κ2) is 6.40. The van der Waals surface area contributed by atoms with Crippen LogP contribution >= 0.6 is 11.3 Å². The number of anilines is 1. The van der Waals surface area contributed by atoms with Crippen molar-refractivity contribution in [3.8, 4) is 0 Å². The molecular formula is C13H13FN2O2S. The molecule has 2 rings (SSSR count). The first-order valence-electron chi connectivity index (χ1n) is 5.65. The predicted molar refractivity (Wildman–Crippen MR) is 71.8 cm³/mol. The van der Waals surface area contributed by atoms with Crippen LogP contribution in [0.25, 0.3) is 0 Å². The molecule has 6 heteroatoms. The largest absolute Gasteiger partial charge is 0.375 e. The lowest BCUT2D eigenvalue weighted by molar-refractivity contribution is -0.119. The number of hydrogen-bond donors (Lipinski definition) is 1. The molecule has 0 unspecified atom stereocenters. The summed E-state index contributed by atoms with van der Waals surface area (Å²) in [5.74, 6) is -0.481. The van der Waals surface area contributed by atoms with Gasteiger partial charge in [0.25, 0.3) is 5.91 Å². The van der Waals surface area contributed by atoms with Crippen LogP contribution in [0.3, 0.4) is 0 Å². The molecule has 0 fully saturated rings. The van der Waals surface area contributed by atoms with Crippen LogP contribution in [0.4, 0.5) is 9.52 Å². The van der Waals surface area contributed by atoms with E-state index in [1.807, 2.05) is 0 Å². The first kappa shape index (κ1) is 13.6. The predicted octanol–water partition coefficient (Wildman–Crippen LogP) is 2.46. The van der Waals surface area contributed by atoms with E-state index < -0.39 is 0 Å². The number of rotatable bonds is 5. The molecule has 0 bridgehead atoms. The van der Waals surface area contributed by atoms with E-state index in [9.17, 15) is 9.18 Å². The van der Waals surface area contributed by atoms with Gasteiger partial charge in [0.15, 0.2) is 5.13 Å². The first-order valence-corrected chi connectivity index (χ1v) is 6.47. The summed E-state index contributed by atoms with van der Waals surface area (Å²) >= 11 is 1.39. The summed E-state index contributed by atoms with van der Waals surface area (Å²) in [6.45, 7) is 0.00682. The fourth-order valence-corrected chi connectivity index (χ4v) is 2.40. The first-order chi connectivity index (χ1) is 9.17. The van der Waals surface area contributed by atoms with E-state index in [1.165, 1.54) is 30.6 Å². The Morgan fingerprint density at radius 3 is 2.84 bits per heavy atom. The fourth-order valence-electron chi connectivity index (χ4n) is 1.54. The third kappa shape index (κ3) is 4.11. The highest BCUT2D eigenvalue weighted by molar-refractivity contribution is 7.15. The Hall–Kier alpha value is -1.79. The average molecular weight is 280 g/mol. The van der Waals surface area contributed by atoms with Gasteiger partial charge in [0.2, 0.25) is 0 Å². The van der Waals surface area contributed by atoms with E-state index in [0.717, 1.165) is 10.4 Å². The van der Waals surface area contributed by atoms with Crippen molar-refractivity contribution in [3.05, 3.63) is 46.7 Å². The van der Waals surface area contributed by atoms with E-state index in [4.69, 9.17) is 4.74 Å². The number of nitrogens with zero attached hydrogens (tertiary/aromatic N) is 1. The number of thiazole rings is 1. The molecular weight excluding hydrogens is 267 g/mol. The summed E-state index contributed by atoms with van der Waals surface area (Å²) in [5, 5.41) is 3.18. The van der Waals surface area contributed by atoms with Gasteiger partial charge in [-0.3, -0.25) is 10.1 Å². The summed E-state index contributed by atoms with van der Waals surface area (Å²) < 4.78 is 17.5. The van der Waals surface area contributed by atoms with Crippen molar-refractivity contribution < 1.29 is 13.9 Å². The van der Waals surface area contributed by atoms with Crippen molar-refractivity contribution in [2.75, 3.05) is 19.0 Å². The van der Waals surface area contributed by atoms with Gasteiger partial charge in [-0.25, -0.2) is 9.37 Å². The Morgan fingerprint density at radius 2 is 2.16 bits per heavy atom. The number of nitrogens with one attached hydrogen (secondary N) is 1. The average Bonchev–Trinajstić information content (AvgIpc) is 2.80. The third-order valence-corrected chi connectivity index (χ3v) is 3.28. The minimum absolute atomic E-state index is 0.00682. The number of ether oxygens (including phenoxy) is 1. The van der Waals surface area contributed by atoms with E-state index in [1.54, 1.807) is 18.3 Å². The summed E-state index contributed by atoms with van der Waals surface area (Å²) in [5.41, 5.74) is 1.000. The summed E-state index contributed by atoms with van der Waals surface area (Å²) in [7, 11) is 1.46. The van der Waals surface area contributed by atoms with Crippen molar-refractivity contribution in [2.45, 2.75) is 6.42 Å². The SMILES string of the molecule is COCC(=O)Nc1ncc(Cc2ccc(F)cc2)s1. The molecule has 4 nitrogen and oxygen atoms in total.